The molecule has 3 amide bonds. The number of likely N-dealkylation sites (tertiary alicyclic amines) is 1. The Morgan fingerprint density at radius 3 is 2.38 bits per heavy atom. The molecule has 1 spiro atoms. The first-order chi connectivity index (χ1) is 24.9. The largest absolute Gasteiger partial charge is 0.455 e. The van der Waals surface area contributed by atoms with Gasteiger partial charge in [0.05, 0.1) is 36.6 Å². The van der Waals surface area contributed by atoms with E-state index >= 15 is 4.79 Å². The van der Waals surface area contributed by atoms with E-state index in [-0.39, 0.29) is 42.1 Å². The lowest BCUT2D eigenvalue weighted by Gasteiger charge is -2.41. The number of para-hydroxylation sites is 1. The maximum absolute atomic E-state index is 15.2. The smallest absolute Gasteiger partial charge is 0.313 e. The lowest BCUT2D eigenvalue weighted by Crippen LogP contribution is -2.60. The van der Waals surface area contributed by atoms with Gasteiger partial charge in [-0.25, -0.2) is 0 Å². The molecule has 1 unspecified atom stereocenters. The summed E-state index contributed by atoms with van der Waals surface area (Å²) < 4.78 is 13.1. The number of ether oxygens (including phenoxy) is 2. The summed E-state index contributed by atoms with van der Waals surface area (Å²) in [5.41, 5.74) is 1.79. The Bertz CT molecular complexity index is 1650. The molecule has 10 nitrogen and oxygen atoms in total. The van der Waals surface area contributed by atoms with Gasteiger partial charge in [-0.15, -0.1) is 13.2 Å². The van der Waals surface area contributed by atoms with Crippen molar-refractivity contribution in [1.82, 2.24) is 10.2 Å². The van der Waals surface area contributed by atoms with E-state index in [4.69, 9.17) is 9.47 Å². The quantitative estimate of drug-likeness (QED) is 0.127. The first-order valence-electron chi connectivity index (χ1n) is 18.3. The number of rotatable bonds is 16. The van der Waals surface area contributed by atoms with Crippen LogP contribution in [0.15, 0.2) is 73.8 Å². The van der Waals surface area contributed by atoms with Crippen LogP contribution in [0.25, 0.3) is 0 Å². The maximum atomic E-state index is 15.2. The number of amides is 3. The highest BCUT2D eigenvalue weighted by Crippen LogP contribution is 2.61. The highest BCUT2D eigenvalue weighted by atomic mass is 79.9. The standard InChI is InChI=1S/C41H52BrN3O7/c1-8-11-20-31(47)43-27(7)35(28-18-13-12-14-19-28)51-40(50)32-33-38(48)45(30(23-46)24(4)10-3)37(41(33)22-29(42)36(32)52-41)39(49)44(21-9-2)34-25(5)16-15-17-26(34)6/h8-9,12-19,24,27,29-30,32-33,35-37,46H,1-2,10-11,20-23H2,3-7H3,(H,43,47)/t24-,27-,29?,30-,32+,33-,35-,36+,37+,41-/m0/s1. The van der Waals surface area contributed by atoms with Gasteiger partial charge in [-0.1, -0.05) is 96.9 Å². The summed E-state index contributed by atoms with van der Waals surface area (Å²) in [5, 5.41) is 13.8. The van der Waals surface area contributed by atoms with Crippen LogP contribution in [0.1, 0.15) is 69.2 Å². The summed E-state index contributed by atoms with van der Waals surface area (Å²) >= 11 is 3.76. The van der Waals surface area contributed by atoms with Crippen LogP contribution in [0.2, 0.25) is 0 Å². The molecule has 0 saturated carbocycles. The van der Waals surface area contributed by atoms with Crippen molar-refractivity contribution in [2.75, 3.05) is 18.1 Å². The van der Waals surface area contributed by atoms with Crippen LogP contribution < -0.4 is 10.2 Å². The van der Waals surface area contributed by atoms with Crippen molar-refractivity contribution in [2.45, 2.75) is 101 Å². The zero-order valence-electron chi connectivity index (χ0n) is 30.8. The molecule has 3 heterocycles. The van der Waals surface area contributed by atoms with Crippen molar-refractivity contribution in [3.05, 3.63) is 90.5 Å². The molecule has 3 saturated heterocycles. The average Bonchev–Trinajstić information content (AvgIpc) is 3.72. The number of nitrogens with zero attached hydrogens (tertiary/aromatic N) is 2. The number of alkyl halides is 1. The molecule has 5 rings (SSSR count). The summed E-state index contributed by atoms with van der Waals surface area (Å²) in [6, 6.07) is 12.5. The van der Waals surface area contributed by atoms with Gasteiger partial charge in [0.2, 0.25) is 11.8 Å². The third-order valence-corrected chi connectivity index (χ3v) is 12.0. The second-order valence-corrected chi connectivity index (χ2v) is 15.7. The van der Waals surface area contributed by atoms with Crippen LogP contribution in [-0.2, 0) is 28.7 Å². The van der Waals surface area contributed by atoms with Crippen molar-refractivity contribution in [1.29, 1.82) is 0 Å². The van der Waals surface area contributed by atoms with Crippen LogP contribution in [0.4, 0.5) is 5.69 Å². The predicted molar refractivity (Wildman–Crippen MR) is 204 cm³/mol. The minimum Gasteiger partial charge on any atom is -0.455 e. The van der Waals surface area contributed by atoms with Crippen molar-refractivity contribution in [3.8, 4) is 0 Å². The molecule has 11 heteroatoms. The van der Waals surface area contributed by atoms with Crippen molar-refractivity contribution >= 4 is 45.3 Å². The second-order valence-electron chi connectivity index (χ2n) is 14.5. The number of aliphatic hydroxyl groups is 1. The van der Waals surface area contributed by atoms with E-state index in [0.717, 1.165) is 16.8 Å². The molecule has 10 atom stereocenters. The Kier molecular flexibility index (Phi) is 12.5. The Morgan fingerprint density at radius 1 is 1.12 bits per heavy atom. The molecule has 0 radical (unpaired) electrons. The number of anilines is 1. The fourth-order valence-electron chi connectivity index (χ4n) is 8.53. The lowest BCUT2D eigenvalue weighted by molar-refractivity contribution is -0.162. The number of benzene rings is 2. The summed E-state index contributed by atoms with van der Waals surface area (Å²) in [6.45, 7) is 17.0. The van der Waals surface area contributed by atoms with Gasteiger partial charge in [0.25, 0.3) is 5.91 Å². The number of carbonyl (C=O) groups is 4. The van der Waals surface area contributed by atoms with Crippen molar-refractivity contribution in [2.24, 2.45) is 17.8 Å². The van der Waals surface area contributed by atoms with Crippen LogP contribution in [-0.4, -0.2) is 81.5 Å². The molecule has 2 aromatic carbocycles. The summed E-state index contributed by atoms with van der Waals surface area (Å²) in [4.78, 5) is 60.3. The van der Waals surface area contributed by atoms with Crippen LogP contribution in [0.3, 0.4) is 0 Å². The normalized spacial score (nSPS) is 26.9. The zero-order chi connectivity index (χ0) is 37.9. The van der Waals surface area contributed by atoms with Crippen LogP contribution in [0.5, 0.6) is 0 Å². The number of halogens is 1. The molecular formula is C41H52BrN3O7. The fraction of sp³-hybridized carbons (Fsp3) is 0.512. The van der Waals surface area contributed by atoms with E-state index < -0.39 is 59.6 Å². The number of fused-ring (bicyclic) bond motifs is 1. The molecule has 0 aromatic heterocycles. The number of allylic oxidation sites excluding steroid dienone is 1. The molecule has 3 fully saturated rings. The predicted octanol–water partition coefficient (Wildman–Crippen LogP) is 5.73. The molecule has 2 N–H and O–H groups in total. The first kappa shape index (κ1) is 39.4. The highest BCUT2D eigenvalue weighted by Gasteiger charge is 2.78. The molecule has 2 bridgehead atoms. The molecule has 2 aromatic rings. The van der Waals surface area contributed by atoms with Gasteiger partial charge in [0.15, 0.2) is 0 Å². The summed E-state index contributed by atoms with van der Waals surface area (Å²) in [6.07, 6.45) is 3.39. The van der Waals surface area contributed by atoms with E-state index in [9.17, 15) is 19.5 Å². The van der Waals surface area contributed by atoms with E-state index in [0.29, 0.717) is 24.8 Å². The molecule has 3 aliphatic heterocycles. The Balaban J connectivity index is 1.58. The van der Waals surface area contributed by atoms with Crippen molar-refractivity contribution in [3.63, 3.8) is 0 Å². The minimum atomic E-state index is -1.37. The van der Waals surface area contributed by atoms with E-state index in [1.807, 2.05) is 76.2 Å². The number of hydrogen-bond acceptors (Lipinski definition) is 7. The third-order valence-electron chi connectivity index (χ3n) is 11.2. The van der Waals surface area contributed by atoms with Gasteiger partial charge in [-0.2, -0.15) is 0 Å². The Hall–Kier alpha value is -3.80. The molecule has 3 aliphatic rings. The Morgan fingerprint density at radius 2 is 1.79 bits per heavy atom. The second kappa shape index (κ2) is 16.5. The maximum Gasteiger partial charge on any atom is 0.313 e. The van der Waals surface area contributed by atoms with Gasteiger partial charge in [-0.05, 0) is 56.2 Å². The number of hydrogen-bond donors (Lipinski definition) is 2. The highest BCUT2D eigenvalue weighted by molar-refractivity contribution is 9.09. The summed E-state index contributed by atoms with van der Waals surface area (Å²) in [7, 11) is 0. The molecule has 280 valence electrons. The van der Waals surface area contributed by atoms with Gasteiger partial charge < -0.3 is 29.7 Å². The number of aryl methyl sites for hydroxylation is 2. The number of nitrogens with one attached hydrogen (secondary N) is 1. The van der Waals surface area contributed by atoms with Gasteiger partial charge in [0, 0.05) is 23.5 Å². The van der Waals surface area contributed by atoms with Gasteiger partial charge in [-0.3, -0.25) is 19.2 Å². The van der Waals surface area contributed by atoms with Crippen LogP contribution in [0, 0.1) is 31.6 Å². The monoisotopic (exact) mass is 777 g/mol. The lowest BCUT2D eigenvalue weighted by atomic mass is 9.70. The van der Waals surface area contributed by atoms with Crippen LogP contribution >= 0.6 is 15.9 Å². The molecule has 0 aliphatic carbocycles. The fourth-order valence-corrected chi connectivity index (χ4v) is 9.47. The zero-order valence-corrected chi connectivity index (χ0v) is 32.4. The van der Waals surface area contributed by atoms with E-state index in [1.165, 1.54) is 4.90 Å². The average molecular weight is 779 g/mol. The van der Waals surface area contributed by atoms with Gasteiger partial charge in [0.1, 0.15) is 17.7 Å². The Labute approximate surface area is 315 Å². The topological polar surface area (TPSA) is 125 Å². The molecular weight excluding hydrogens is 726 g/mol. The minimum absolute atomic E-state index is 0.164. The number of carbonyl (C=O) groups excluding carboxylic acids is 4. The number of esters is 1. The third kappa shape index (κ3) is 7.11. The van der Waals surface area contributed by atoms with Crippen molar-refractivity contribution < 1.29 is 33.8 Å². The number of aliphatic hydroxyl groups excluding tert-OH is 1. The SMILES string of the molecule is C=CCCC(=O)N[C@@H](C)[C@H](OC(=O)[C@H]1[C@@H]2O[C@@]3(CC2Br)[C@@H]1C(=O)N([C@@H](CO)[C@@H](C)CC)[C@@H]3C(=O)N(CC=C)c1c(C)cccc1C)c1ccccc1. The first-order valence-corrected chi connectivity index (χ1v) is 19.2. The summed E-state index contributed by atoms with van der Waals surface area (Å²) in [5.74, 6) is -3.88. The molecule has 52 heavy (non-hydrogen) atoms. The van der Waals surface area contributed by atoms with E-state index in [2.05, 4.69) is 34.4 Å². The van der Waals surface area contributed by atoms with E-state index in [1.54, 1.807) is 24.0 Å². The van der Waals surface area contributed by atoms with Gasteiger partial charge >= 0.3 is 5.97 Å².